The molecular weight excluding hydrogens is 204 g/mol. The van der Waals surface area contributed by atoms with E-state index in [1.165, 1.54) is 12.8 Å². The first-order valence-corrected chi connectivity index (χ1v) is 5.99. The van der Waals surface area contributed by atoms with Crippen LogP contribution in [-0.2, 0) is 0 Å². The Morgan fingerprint density at radius 1 is 1.31 bits per heavy atom. The van der Waals surface area contributed by atoms with Crippen molar-refractivity contribution in [2.75, 3.05) is 0 Å². The summed E-state index contributed by atoms with van der Waals surface area (Å²) in [6.45, 7) is 4.56. The van der Waals surface area contributed by atoms with Gasteiger partial charge in [-0.05, 0) is 37.5 Å². The van der Waals surface area contributed by atoms with Crippen LogP contribution in [0.1, 0.15) is 62.0 Å². The molecule has 0 amide bonds. The maximum absolute atomic E-state index is 10.4. The molecule has 1 aromatic heterocycles. The predicted molar refractivity (Wildman–Crippen MR) is 59.2 cm³/mol. The zero-order chi connectivity index (χ0) is 11.5. The van der Waals surface area contributed by atoms with Crippen molar-refractivity contribution < 1.29 is 9.32 Å². The molecule has 1 aliphatic rings. The molecule has 16 heavy (non-hydrogen) atoms. The number of hydrogen-bond donors (Lipinski definition) is 0. The normalized spacial score (nSPS) is 25.9. The SMILES string of the molecule is CC(C)C1CCC(c2noc(C=O)n2)CC1. The highest BCUT2D eigenvalue weighted by Gasteiger charge is 2.27. The van der Waals surface area contributed by atoms with Crippen molar-refractivity contribution in [1.29, 1.82) is 0 Å². The molecule has 1 heterocycles. The topological polar surface area (TPSA) is 56.0 Å². The van der Waals surface area contributed by atoms with Gasteiger partial charge in [0.15, 0.2) is 5.82 Å². The van der Waals surface area contributed by atoms with Crippen molar-refractivity contribution in [3.63, 3.8) is 0 Å². The molecule has 88 valence electrons. The lowest BCUT2D eigenvalue weighted by Crippen LogP contribution is -2.18. The van der Waals surface area contributed by atoms with E-state index in [0.717, 1.165) is 24.7 Å². The van der Waals surface area contributed by atoms with Crippen LogP contribution in [0.25, 0.3) is 0 Å². The average molecular weight is 222 g/mol. The molecule has 0 saturated heterocycles. The lowest BCUT2D eigenvalue weighted by Gasteiger charge is -2.29. The van der Waals surface area contributed by atoms with Crippen molar-refractivity contribution in [2.24, 2.45) is 11.8 Å². The molecule has 2 rings (SSSR count). The summed E-state index contributed by atoms with van der Waals surface area (Å²) in [7, 11) is 0. The highest BCUT2D eigenvalue weighted by atomic mass is 16.5. The average Bonchev–Trinajstić information content (AvgIpc) is 2.77. The zero-order valence-corrected chi connectivity index (χ0v) is 9.85. The van der Waals surface area contributed by atoms with Crippen molar-refractivity contribution in [2.45, 2.75) is 45.4 Å². The molecule has 1 fully saturated rings. The second-order valence-corrected chi connectivity index (χ2v) is 4.96. The molecule has 4 nitrogen and oxygen atoms in total. The van der Waals surface area contributed by atoms with Crippen LogP contribution in [0.5, 0.6) is 0 Å². The molecule has 0 aliphatic heterocycles. The van der Waals surface area contributed by atoms with Gasteiger partial charge in [0.2, 0.25) is 6.29 Å². The van der Waals surface area contributed by atoms with Crippen molar-refractivity contribution in [1.82, 2.24) is 10.1 Å². The first-order chi connectivity index (χ1) is 7.70. The molecular formula is C12H18N2O2. The standard InChI is InChI=1S/C12H18N2O2/c1-8(2)9-3-5-10(6-4-9)12-13-11(7-15)16-14-12/h7-10H,3-6H2,1-2H3. The maximum Gasteiger partial charge on any atom is 0.290 e. The number of carbonyl (C=O) groups is 1. The van der Waals surface area contributed by atoms with Gasteiger partial charge in [-0.15, -0.1) is 0 Å². The summed E-state index contributed by atoms with van der Waals surface area (Å²) in [5.41, 5.74) is 0. The maximum atomic E-state index is 10.4. The Balaban J connectivity index is 1.96. The third-order valence-corrected chi connectivity index (χ3v) is 3.64. The van der Waals surface area contributed by atoms with E-state index in [-0.39, 0.29) is 5.89 Å². The summed E-state index contributed by atoms with van der Waals surface area (Å²) < 4.78 is 4.81. The van der Waals surface area contributed by atoms with Gasteiger partial charge >= 0.3 is 0 Å². The molecule has 4 heteroatoms. The number of carbonyl (C=O) groups excluding carboxylic acids is 1. The molecule has 1 saturated carbocycles. The third kappa shape index (κ3) is 2.31. The number of rotatable bonds is 3. The number of hydrogen-bond acceptors (Lipinski definition) is 4. The van der Waals surface area contributed by atoms with Crippen LogP contribution in [-0.4, -0.2) is 16.4 Å². The Kier molecular flexibility index (Phi) is 3.36. The van der Waals surface area contributed by atoms with Gasteiger partial charge in [-0.3, -0.25) is 4.79 Å². The molecule has 0 atom stereocenters. The number of aldehydes is 1. The van der Waals surface area contributed by atoms with E-state index < -0.39 is 0 Å². The summed E-state index contributed by atoms with van der Waals surface area (Å²) in [6, 6.07) is 0. The zero-order valence-electron chi connectivity index (χ0n) is 9.85. The minimum Gasteiger partial charge on any atom is -0.331 e. The Morgan fingerprint density at radius 3 is 2.50 bits per heavy atom. The van der Waals surface area contributed by atoms with Crippen LogP contribution in [0.4, 0.5) is 0 Å². The highest BCUT2D eigenvalue weighted by Crippen LogP contribution is 2.37. The monoisotopic (exact) mass is 222 g/mol. The van der Waals surface area contributed by atoms with Crippen molar-refractivity contribution in [3.05, 3.63) is 11.7 Å². The smallest absolute Gasteiger partial charge is 0.290 e. The second kappa shape index (κ2) is 4.76. The largest absolute Gasteiger partial charge is 0.331 e. The highest BCUT2D eigenvalue weighted by molar-refractivity contribution is 5.66. The van der Waals surface area contributed by atoms with Crippen LogP contribution in [0, 0.1) is 11.8 Å². The lowest BCUT2D eigenvalue weighted by molar-refractivity contribution is 0.108. The van der Waals surface area contributed by atoms with E-state index in [2.05, 4.69) is 24.0 Å². The molecule has 0 N–H and O–H groups in total. The predicted octanol–water partition coefficient (Wildman–Crippen LogP) is 2.81. The minimum atomic E-state index is 0.0981. The fourth-order valence-corrected chi connectivity index (χ4v) is 2.51. The molecule has 0 radical (unpaired) electrons. The fraction of sp³-hybridized carbons (Fsp3) is 0.750. The van der Waals surface area contributed by atoms with Gasteiger partial charge in [0.05, 0.1) is 0 Å². The third-order valence-electron chi connectivity index (χ3n) is 3.64. The van der Waals surface area contributed by atoms with Gasteiger partial charge in [-0.25, -0.2) is 0 Å². The van der Waals surface area contributed by atoms with Gasteiger partial charge in [-0.2, -0.15) is 4.98 Å². The van der Waals surface area contributed by atoms with Gasteiger partial charge in [0.1, 0.15) is 0 Å². The first kappa shape index (κ1) is 11.3. The van der Waals surface area contributed by atoms with Crippen LogP contribution >= 0.6 is 0 Å². The van der Waals surface area contributed by atoms with Crippen LogP contribution in [0.15, 0.2) is 4.52 Å². The van der Waals surface area contributed by atoms with Crippen LogP contribution in [0.2, 0.25) is 0 Å². The minimum absolute atomic E-state index is 0.0981. The van der Waals surface area contributed by atoms with Crippen LogP contribution < -0.4 is 0 Å². The summed E-state index contributed by atoms with van der Waals surface area (Å²) in [4.78, 5) is 14.5. The second-order valence-electron chi connectivity index (χ2n) is 4.96. The van der Waals surface area contributed by atoms with Gasteiger partial charge in [0.25, 0.3) is 5.89 Å². The van der Waals surface area contributed by atoms with E-state index in [9.17, 15) is 4.79 Å². The van der Waals surface area contributed by atoms with Gasteiger partial charge < -0.3 is 4.52 Å². The van der Waals surface area contributed by atoms with Crippen molar-refractivity contribution >= 4 is 6.29 Å². The fourth-order valence-electron chi connectivity index (χ4n) is 2.51. The van der Waals surface area contributed by atoms with E-state index >= 15 is 0 Å². The van der Waals surface area contributed by atoms with Crippen LogP contribution in [0.3, 0.4) is 0 Å². The lowest BCUT2D eigenvalue weighted by atomic mass is 9.77. The summed E-state index contributed by atoms with van der Waals surface area (Å²) in [6.07, 6.45) is 5.29. The number of nitrogens with zero attached hydrogens (tertiary/aromatic N) is 2. The van der Waals surface area contributed by atoms with E-state index in [1.54, 1.807) is 0 Å². The Morgan fingerprint density at radius 2 is 2.00 bits per heavy atom. The Bertz CT molecular complexity index is 352. The van der Waals surface area contributed by atoms with Gasteiger partial charge in [0, 0.05) is 5.92 Å². The molecule has 0 unspecified atom stereocenters. The van der Waals surface area contributed by atoms with E-state index in [1.807, 2.05) is 0 Å². The Labute approximate surface area is 95.4 Å². The van der Waals surface area contributed by atoms with E-state index in [0.29, 0.717) is 18.0 Å². The van der Waals surface area contributed by atoms with Gasteiger partial charge in [-0.1, -0.05) is 19.0 Å². The molecule has 1 aromatic rings. The molecule has 0 aromatic carbocycles. The van der Waals surface area contributed by atoms with Crippen molar-refractivity contribution in [3.8, 4) is 0 Å². The quantitative estimate of drug-likeness (QED) is 0.738. The van der Waals surface area contributed by atoms with E-state index in [4.69, 9.17) is 4.52 Å². The number of aromatic nitrogens is 2. The summed E-state index contributed by atoms with van der Waals surface area (Å²) in [5, 5.41) is 3.86. The molecule has 1 aliphatic carbocycles. The summed E-state index contributed by atoms with van der Waals surface area (Å²) in [5.74, 6) is 2.78. The Hall–Kier alpha value is -1.19. The summed E-state index contributed by atoms with van der Waals surface area (Å²) >= 11 is 0. The molecule has 0 bridgehead atoms. The molecule has 0 spiro atoms. The first-order valence-electron chi connectivity index (χ1n) is 5.99.